The summed E-state index contributed by atoms with van der Waals surface area (Å²) in [5, 5.41) is 10.8. The molecule has 7 heteroatoms. The number of hydrogen-bond donors (Lipinski definition) is 2. The maximum absolute atomic E-state index is 4.33. The molecule has 21 heavy (non-hydrogen) atoms. The lowest BCUT2D eigenvalue weighted by Crippen LogP contribution is -2.00. The first-order valence-electron chi connectivity index (χ1n) is 6.27. The zero-order chi connectivity index (χ0) is 14.5. The number of hydrogen-bond acceptors (Lipinski definition) is 5. The van der Waals surface area contributed by atoms with E-state index in [1.165, 1.54) is 6.33 Å². The Labute approximate surface area is 134 Å². The molecule has 2 aromatic heterocycles. The lowest BCUT2D eigenvalue weighted by Gasteiger charge is -2.06. The standard InChI is InChI=1S/C14H12BrN5S/c15-10-1-2-12(16-7-10)8-17-11-3-5-13(6-4-11)21-14-18-9-19-20-14/h1-7,9,17H,8H2,(H,18,19,20). The maximum Gasteiger partial charge on any atom is 0.188 e. The SMILES string of the molecule is Brc1ccc(CNc2ccc(Sc3ncn[nH]3)cc2)nc1. The summed E-state index contributed by atoms with van der Waals surface area (Å²) in [6.07, 6.45) is 3.30. The van der Waals surface area contributed by atoms with E-state index in [9.17, 15) is 0 Å². The second-order valence-electron chi connectivity index (χ2n) is 4.24. The number of halogens is 1. The van der Waals surface area contributed by atoms with E-state index in [0.29, 0.717) is 6.54 Å². The van der Waals surface area contributed by atoms with Gasteiger partial charge in [0.1, 0.15) is 6.33 Å². The fraction of sp³-hybridized carbons (Fsp3) is 0.0714. The Morgan fingerprint density at radius 3 is 2.62 bits per heavy atom. The van der Waals surface area contributed by atoms with Gasteiger partial charge in [-0.15, -0.1) is 0 Å². The van der Waals surface area contributed by atoms with Gasteiger partial charge in [0.25, 0.3) is 0 Å². The lowest BCUT2D eigenvalue weighted by molar-refractivity contribution is 0.973. The molecule has 0 spiro atoms. The summed E-state index contributed by atoms with van der Waals surface area (Å²) in [5.41, 5.74) is 2.06. The van der Waals surface area contributed by atoms with E-state index in [-0.39, 0.29) is 0 Å². The predicted octanol–water partition coefficient (Wildman–Crippen LogP) is 3.73. The van der Waals surface area contributed by atoms with Gasteiger partial charge in [-0.3, -0.25) is 10.1 Å². The first-order valence-corrected chi connectivity index (χ1v) is 7.88. The van der Waals surface area contributed by atoms with E-state index in [1.54, 1.807) is 18.0 Å². The monoisotopic (exact) mass is 361 g/mol. The van der Waals surface area contributed by atoms with E-state index in [4.69, 9.17) is 0 Å². The minimum atomic E-state index is 0.696. The minimum absolute atomic E-state index is 0.696. The fourth-order valence-electron chi connectivity index (χ4n) is 1.70. The van der Waals surface area contributed by atoms with Crippen molar-refractivity contribution in [3.63, 3.8) is 0 Å². The summed E-state index contributed by atoms with van der Waals surface area (Å²) in [7, 11) is 0. The highest BCUT2D eigenvalue weighted by Crippen LogP contribution is 2.25. The van der Waals surface area contributed by atoms with Gasteiger partial charge < -0.3 is 5.32 Å². The Kier molecular flexibility index (Phi) is 4.52. The molecule has 5 nitrogen and oxygen atoms in total. The van der Waals surface area contributed by atoms with E-state index in [1.807, 2.05) is 36.4 Å². The molecule has 0 aliphatic heterocycles. The molecule has 1 aromatic carbocycles. The van der Waals surface area contributed by atoms with Crippen molar-refractivity contribution in [2.75, 3.05) is 5.32 Å². The average molecular weight is 362 g/mol. The van der Waals surface area contributed by atoms with Crippen molar-refractivity contribution < 1.29 is 0 Å². The van der Waals surface area contributed by atoms with Gasteiger partial charge in [-0.25, -0.2) is 4.98 Å². The molecule has 0 aliphatic rings. The molecule has 3 rings (SSSR count). The highest BCUT2D eigenvalue weighted by atomic mass is 79.9. The zero-order valence-electron chi connectivity index (χ0n) is 11.0. The summed E-state index contributed by atoms with van der Waals surface area (Å²) in [6, 6.07) is 12.1. The third-order valence-electron chi connectivity index (χ3n) is 2.72. The number of pyridine rings is 1. The van der Waals surface area contributed by atoms with E-state index in [2.05, 4.69) is 41.4 Å². The van der Waals surface area contributed by atoms with Crippen LogP contribution in [0.1, 0.15) is 5.69 Å². The van der Waals surface area contributed by atoms with E-state index >= 15 is 0 Å². The zero-order valence-corrected chi connectivity index (χ0v) is 13.4. The summed E-state index contributed by atoms with van der Waals surface area (Å²) in [4.78, 5) is 9.52. The largest absolute Gasteiger partial charge is 0.379 e. The van der Waals surface area contributed by atoms with Crippen LogP contribution in [-0.4, -0.2) is 20.2 Å². The van der Waals surface area contributed by atoms with E-state index < -0.39 is 0 Å². The fourth-order valence-corrected chi connectivity index (χ4v) is 2.63. The number of benzene rings is 1. The van der Waals surface area contributed by atoms with Crippen LogP contribution in [0.2, 0.25) is 0 Å². The molecule has 2 heterocycles. The summed E-state index contributed by atoms with van der Waals surface area (Å²) >= 11 is 4.92. The summed E-state index contributed by atoms with van der Waals surface area (Å²) < 4.78 is 0.986. The molecule has 3 aromatic rings. The second kappa shape index (κ2) is 6.73. The van der Waals surface area contributed by atoms with Crippen molar-refractivity contribution in [2.24, 2.45) is 0 Å². The van der Waals surface area contributed by atoms with E-state index in [0.717, 1.165) is 25.9 Å². The Bertz CT molecular complexity index is 682. The van der Waals surface area contributed by atoms with Gasteiger partial charge in [0.15, 0.2) is 5.16 Å². The molecule has 0 unspecified atom stereocenters. The van der Waals surface area contributed by atoms with Crippen molar-refractivity contribution >= 4 is 33.4 Å². The molecule has 0 saturated heterocycles. The van der Waals surface area contributed by atoms with Gasteiger partial charge in [0.2, 0.25) is 0 Å². The van der Waals surface area contributed by atoms with Crippen molar-refractivity contribution in [2.45, 2.75) is 16.6 Å². The number of nitrogens with zero attached hydrogens (tertiary/aromatic N) is 3. The molecular formula is C14H12BrN5S. The smallest absolute Gasteiger partial charge is 0.188 e. The number of aromatic nitrogens is 4. The predicted molar refractivity (Wildman–Crippen MR) is 86.2 cm³/mol. The van der Waals surface area contributed by atoms with Gasteiger partial charge in [0.05, 0.1) is 12.2 Å². The molecule has 0 bridgehead atoms. The first kappa shape index (κ1) is 14.1. The first-order chi connectivity index (χ1) is 10.3. The van der Waals surface area contributed by atoms with Crippen molar-refractivity contribution in [1.82, 2.24) is 20.2 Å². The molecule has 0 radical (unpaired) electrons. The van der Waals surface area contributed by atoms with Gasteiger partial charge >= 0.3 is 0 Å². The van der Waals surface area contributed by atoms with Crippen LogP contribution in [0.15, 0.2) is 63.4 Å². The van der Waals surface area contributed by atoms with Crippen LogP contribution in [-0.2, 0) is 6.54 Å². The molecule has 0 fully saturated rings. The normalized spacial score (nSPS) is 10.5. The van der Waals surface area contributed by atoms with Crippen LogP contribution in [0.5, 0.6) is 0 Å². The van der Waals surface area contributed by atoms with Gasteiger partial charge in [-0.05, 0) is 52.3 Å². The molecular weight excluding hydrogens is 350 g/mol. The van der Waals surface area contributed by atoms with Crippen LogP contribution in [0, 0.1) is 0 Å². The third kappa shape index (κ3) is 4.05. The number of aromatic amines is 1. The Hall–Kier alpha value is -1.86. The highest BCUT2D eigenvalue weighted by Gasteiger charge is 2.00. The van der Waals surface area contributed by atoms with Crippen molar-refractivity contribution in [3.8, 4) is 0 Å². The molecule has 0 saturated carbocycles. The molecule has 106 valence electrons. The van der Waals surface area contributed by atoms with Crippen LogP contribution < -0.4 is 5.32 Å². The van der Waals surface area contributed by atoms with Crippen molar-refractivity contribution in [1.29, 1.82) is 0 Å². The third-order valence-corrected chi connectivity index (χ3v) is 4.09. The number of H-pyrrole nitrogens is 1. The highest BCUT2D eigenvalue weighted by molar-refractivity contribution is 9.10. The number of anilines is 1. The Morgan fingerprint density at radius 1 is 1.10 bits per heavy atom. The average Bonchev–Trinajstić information content (AvgIpc) is 3.01. The number of rotatable bonds is 5. The summed E-state index contributed by atoms with van der Waals surface area (Å²) in [5.74, 6) is 0. The van der Waals surface area contributed by atoms with Crippen LogP contribution in [0.4, 0.5) is 5.69 Å². The van der Waals surface area contributed by atoms with Gasteiger partial charge in [-0.1, -0.05) is 11.8 Å². The van der Waals surface area contributed by atoms with Crippen molar-refractivity contribution in [3.05, 3.63) is 59.1 Å². The second-order valence-corrected chi connectivity index (χ2v) is 6.22. The Balaban J connectivity index is 1.58. The minimum Gasteiger partial charge on any atom is -0.379 e. The van der Waals surface area contributed by atoms with Crippen LogP contribution in [0.3, 0.4) is 0 Å². The quantitative estimate of drug-likeness (QED) is 0.724. The molecule has 0 atom stereocenters. The molecule has 0 amide bonds. The topological polar surface area (TPSA) is 66.5 Å². The lowest BCUT2D eigenvalue weighted by atomic mass is 10.3. The Morgan fingerprint density at radius 2 is 1.95 bits per heavy atom. The van der Waals surface area contributed by atoms with Gasteiger partial charge in [-0.2, -0.15) is 5.10 Å². The van der Waals surface area contributed by atoms with Crippen LogP contribution >= 0.6 is 27.7 Å². The summed E-state index contributed by atoms with van der Waals surface area (Å²) in [6.45, 7) is 0.696. The molecule has 2 N–H and O–H groups in total. The number of nitrogens with one attached hydrogen (secondary N) is 2. The van der Waals surface area contributed by atoms with Crippen LogP contribution in [0.25, 0.3) is 0 Å². The maximum atomic E-state index is 4.33. The van der Waals surface area contributed by atoms with Gasteiger partial charge in [0, 0.05) is 21.3 Å². The molecule has 0 aliphatic carbocycles.